The molecule has 2 unspecified atom stereocenters. The molecule has 92 heavy (non-hydrogen) atoms. The molecule has 0 amide bonds. The first-order chi connectivity index (χ1) is 44.4. The van der Waals surface area contributed by atoms with Crippen molar-refractivity contribution < 1.29 is 19.8 Å². The number of allylic oxidation sites excluding steroid dienone is 5. The lowest BCUT2D eigenvalue weighted by molar-refractivity contribution is -0.145. The molecule has 530 valence electrons. The average molecular weight is 1280 g/mol. The molecule has 0 heterocycles. The van der Waals surface area contributed by atoms with Crippen LogP contribution in [-0.4, -0.2) is 22.2 Å². The van der Waals surface area contributed by atoms with Crippen molar-refractivity contribution in [3.05, 3.63) is 35.5 Å². The van der Waals surface area contributed by atoms with Crippen molar-refractivity contribution >= 4 is 11.9 Å². The summed E-state index contributed by atoms with van der Waals surface area (Å²) in [5, 5.41) is 19.0. The summed E-state index contributed by atoms with van der Waals surface area (Å²) in [4.78, 5) is 23.1. The van der Waals surface area contributed by atoms with E-state index in [-0.39, 0.29) is 5.92 Å². The van der Waals surface area contributed by atoms with Gasteiger partial charge in [0.1, 0.15) is 0 Å². The van der Waals surface area contributed by atoms with Gasteiger partial charge in [0.2, 0.25) is 0 Å². The van der Waals surface area contributed by atoms with Crippen molar-refractivity contribution in [1.82, 2.24) is 0 Å². The van der Waals surface area contributed by atoms with Crippen LogP contribution in [0, 0.1) is 98.6 Å². The molecule has 0 radical (unpaired) electrons. The van der Waals surface area contributed by atoms with Gasteiger partial charge in [-0.05, 0) is 261 Å². The van der Waals surface area contributed by atoms with Gasteiger partial charge in [0.15, 0.2) is 0 Å². The standard InChI is InChI=1S/C44H76O2.C44H78O2/c1-7-8-9-10-11-12-13-14-15-16-17-18-19-23-37(42(45)46)35-28-30-43(5)36(32-35)24-25-38-40-27-26-39(34(4)22-20-21-33(2)3)44(40,6)31-29-41(38)43;1-35(23-18-16-14-12-10-8-6-5-7-9-11-13-15-17-19-27-42(45)46)24-22-25-36(2)39-30-31-40-38-29-28-37-26-20-21-33-43(37,3)41(38)32-34-44(39,40)4/h24,34-35,37-41H,2,7-23,25-32H2,1,3-6H3,(H,45,46);23,36-41H,5-22,24-34H2,1-4H3,(H,45,46)/t34-,35+,37?,38+,39-,40+,41+,43+,44-;36-,37?,38+,39-,40+,41+,43+,44-/m11/s1. The topological polar surface area (TPSA) is 74.6 Å². The lowest BCUT2D eigenvalue weighted by Gasteiger charge is -2.61. The van der Waals surface area contributed by atoms with E-state index in [4.69, 9.17) is 5.11 Å². The summed E-state index contributed by atoms with van der Waals surface area (Å²) < 4.78 is 0. The van der Waals surface area contributed by atoms with Crippen LogP contribution in [0.4, 0.5) is 0 Å². The molecule has 0 aromatic rings. The fraction of sp³-hybridized carbons (Fsp3) is 0.909. The molecule has 0 aromatic heterocycles. The quantitative estimate of drug-likeness (QED) is 0.0471. The first kappa shape index (κ1) is 77.5. The maximum Gasteiger partial charge on any atom is 0.306 e. The lowest BCUT2D eigenvalue weighted by atomic mass is 9.44. The Morgan fingerprint density at radius 2 is 1.00 bits per heavy atom. The Balaban J connectivity index is 0.000000261. The Morgan fingerprint density at radius 3 is 1.54 bits per heavy atom. The van der Waals surface area contributed by atoms with E-state index in [1.165, 1.54) is 275 Å². The third kappa shape index (κ3) is 21.8. The zero-order valence-electron chi connectivity index (χ0n) is 62.8. The fourth-order valence-corrected chi connectivity index (χ4v) is 24.0. The highest BCUT2D eigenvalue weighted by Gasteiger charge is 2.61. The Kier molecular flexibility index (Phi) is 33.4. The summed E-state index contributed by atoms with van der Waals surface area (Å²) >= 11 is 0. The fourth-order valence-electron chi connectivity index (χ4n) is 24.0. The lowest BCUT2D eigenvalue weighted by Crippen LogP contribution is -2.53. The second kappa shape index (κ2) is 39.7. The van der Waals surface area contributed by atoms with E-state index in [0.29, 0.717) is 34.0 Å². The van der Waals surface area contributed by atoms with Crippen LogP contribution in [0.3, 0.4) is 0 Å². The molecular weight excluding hydrogens is 1120 g/mol. The summed E-state index contributed by atoms with van der Waals surface area (Å²) in [6, 6.07) is 0. The van der Waals surface area contributed by atoms with Crippen molar-refractivity contribution in [1.29, 1.82) is 0 Å². The second-order valence-corrected chi connectivity index (χ2v) is 35.7. The van der Waals surface area contributed by atoms with Crippen molar-refractivity contribution in [2.45, 2.75) is 409 Å². The molecule has 2 N–H and O–H groups in total. The van der Waals surface area contributed by atoms with E-state index < -0.39 is 11.9 Å². The Hall–Kier alpha value is -1.84. The normalized spacial score (nSPS) is 33.4. The summed E-state index contributed by atoms with van der Waals surface area (Å²) in [7, 11) is 0. The summed E-state index contributed by atoms with van der Waals surface area (Å²) in [5.74, 6) is 9.36. The number of rotatable bonds is 43. The number of unbranched alkanes of at least 4 members (excludes halogenated alkanes) is 26. The smallest absolute Gasteiger partial charge is 0.306 e. The minimum Gasteiger partial charge on any atom is -0.481 e. The van der Waals surface area contributed by atoms with Crippen LogP contribution in [0.15, 0.2) is 35.5 Å². The van der Waals surface area contributed by atoms with Crippen LogP contribution in [0.2, 0.25) is 0 Å². The highest BCUT2D eigenvalue weighted by Crippen LogP contribution is 2.70. The van der Waals surface area contributed by atoms with Crippen molar-refractivity contribution in [2.24, 2.45) is 98.6 Å². The molecule has 8 aliphatic carbocycles. The molecule has 0 spiro atoms. The monoisotopic (exact) mass is 1280 g/mol. The number of carbonyl (C=O) groups is 2. The molecule has 4 nitrogen and oxygen atoms in total. The van der Waals surface area contributed by atoms with E-state index >= 15 is 0 Å². The number of fused-ring (bicyclic) bond motifs is 10. The molecule has 4 heteroatoms. The molecule has 0 aromatic carbocycles. The van der Waals surface area contributed by atoms with Gasteiger partial charge in [-0.1, -0.05) is 264 Å². The SMILES string of the molecule is C=C(C)CCC[C@@H](C)[C@H]1CC[C@H]2[C@@H]3CC=C4C[C@@H](C(CCCCCCCCCCCCCCC)C(=O)O)CC[C@]4(C)[C@H]3CC[C@]12C.CC(=CCCCCCCCCCCCCCCCCC(=O)O)CCC[C@@H](C)[C@H]1CC[C@H]2[C@@H]3CCC4CCCC[C@]4(C)[C@H]3CC[C@]12C. The van der Waals surface area contributed by atoms with Crippen molar-refractivity contribution in [3.63, 3.8) is 0 Å². The zero-order valence-corrected chi connectivity index (χ0v) is 62.8. The van der Waals surface area contributed by atoms with Gasteiger partial charge < -0.3 is 10.2 Å². The molecule has 8 rings (SSSR count). The predicted molar refractivity (Wildman–Crippen MR) is 396 cm³/mol. The van der Waals surface area contributed by atoms with Gasteiger partial charge in [0.25, 0.3) is 0 Å². The Morgan fingerprint density at radius 1 is 0.500 bits per heavy atom. The minimum atomic E-state index is -0.648. The zero-order chi connectivity index (χ0) is 66.0. The molecular formula is C88H154O4. The van der Waals surface area contributed by atoms with Crippen LogP contribution in [0.25, 0.3) is 0 Å². The third-order valence-corrected chi connectivity index (χ3v) is 29.6. The first-order valence-electron chi connectivity index (χ1n) is 41.8. The highest BCUT2D eigenvalue weighted by molar-refractivity contribution is 5.70. The molecule has 8 aliphatic rings. The second-order valence-electron chi connectivity index (χ2n) is 35.7. The number of hydrogen-bond acceptors (Lipinski definition) is 2. The minimum absolute atomic E-state index is 0.146. The maximum atomic E-state index is 12.5. The van der Waals surface area contributed by atoms with E-state index in [0.717, 1.165) is 104 Å². The number of carboxylic acid groups (broad SMARTS) is 2. The van der Waals surface area contributed by atoms with Gasteiger partial charge in [-0.2, -0.15) is 0 Å². The summed E-state index contributed by atoms with van der Waals surface area (Å²) in [6.07, 6.45) is 77.4. The van der Waals surface area contributed by atoms with Crippen molar-refractivity contribution in [3.8, 4) is 0 Å². The average Bonchev–Trinajstić information content (AvgIpc) is 1.36. The van der Waals surface area contributed by atoms with Gasteiger partial charge in [0, 0.05) is 6.42 Å². The van der Waals surface area contributed by atoms with Gasteiger partial charge >= 0.3 is 11.9 Å². The third-order valence-electron chi connectivity index (χ3n) is 29.6. The van der Waals surface area contributed by atoms with Crippen LogP contribution in [0.1, 0.15) is 409 Å². The molecule has 7 saturated carbocycles. The van der Waals surface area contributed by atoms with Gasteiger partial charge in [0.05, 0.1) is 5.92 Å². The number of carboxylic acids is 2. The van der Waals surface area contributed by atoms with E-state index in [1.54, 1.807) is 43.3 Å². The molecule has 17 atom stereocenters. The maximum absolute atomic E-state index is 12.5. The van der Waals surface area contributed by atoms with Gasteiger partial charge in [-0.25, -0.2) is 0 Å². The number of aliphatic carboxylic acids is 2. The van der Waals surface area contributed by atoms with Crippen LogP contribution < -0.4 is 0 Å². The van der Waals surface area contributed by atoms with Gasteiger partial charge in [-0.15, -0.1) is 6.58 Å². The largest absolute Gasteiger partial charge is 0.481 e. The molecule has 0 saturated heterocycles. The summed E-state index contributed by atoms with van der Waals surface area (Å²) in [5.41, 5.74) is 6.80. The van der Waals surface area contributed by atoms with Crippen molar-refractivity contribution in [2.75, 3.05) is 0 Å². The predicted octanol–water partition coefficient (Wildman–Crippen LogP) is 27.9. The number of hydrogen-bond donors (Lipinski definition) is 2. The van der Waals surface area contributed by atoms with Crippen LogP contribution in [0.5, 0.6) is 0 Å². The molecule has 7 fully saturated rings. The molecule has 0 aliphatic heterocycles. The highest BCUT2D eigenvalue weighted by atomic mass is 16.4. The molecule has 0 bridgehead atoms. The van der Waals surface area contributed by atoms with Gasteiger partial charge in [-0.3, -0.25) is 9.59 Å². The van der Waals surface area contributed by atoms with E-state index in [2.05, 4.69) is 81.0 Å². The Bertz CT molecular complexity index is 2190. The van der Waals surface area contributed by atoms with E-state index in [9.17, 15) is 14.7 Å². The van der Waals surface area contributed by atoms with E-state index in [1.807, 2.05) is 0 Å². The summed E-state index contributed by atoms with van der Waals surface area (Å²) in [6.45, 7) is 27.0. The Labute approximate surface area is 571 Å². The van der Waals surface area contributed by atoms with Crippen LogP contribution in [-0.2, 0) is 9.59 Å². The first-order valence-corrected chi connectivity index (χ1v) is 41.8. The van der Waals surface area contributed by atoms with Crippen LogP contribution >= 0.6 is 0 Å².